The predicted molar refractivity (Wildman–Crippen MR) is 290 cm³/mol. The van der Waals surface area contributed by atoms with Crippen LogP contribution in [0, 0.1) is 0 Å². The summed E-state index contributed by atoms with van der Waals surface area (Å²) in [5.74, 6) is -2.09. The molecule has 0 radical (unpaired) electrons. The maximum Gasteiger partial charge on any atom is 0.361 e. The minimum absolute atomic E-state index is 0.171. The molecule has 0 aliphatic carbocycles. The van der Waals surface area contributed by atoms with E-state index in [0.717, 1.165) is 96.3 Å². The van der Waals surface area contributed by atoms with Crippen LogP contribution < -0.4 is 0 Å². The van der Waals surface area contributed by atoms with Crippen LogP contribution in [-0.2, 0) is 33.3 Å². The van der Waals surface area contributed by atoms with E-state index in [2.05, 4.69) is 123 Å². The zero-order chi connectivity index (χ0) is 50.6. The number of carbonyl (C=O) groups excluding carboxylic acids is 2. The average Bonchev–Trinajstić information content (AvgIpc) is 3.31. The number of hydrogen-bond acceptors (Lipinski definition) is 7. The van der Waals surface area contributed by atoms with Gasteiger partial charge in [0.25, 0.3) is 6.29 Å². The molecule has 0 fully saturated rings. The number of ether oxygens (including phenoxy) is 4. The molecule has 0 aromatic carbocycles. The first kappa shape index (κ1) is 65.0. The zero-order valence-corrected chi connectivity index (χ0v) is 44.4. The van der Waals surface area contributed by atoms with Gasteiger partial charge in [-0.2, -0.15) is 0 Å². The topological polar surface area (TPSA) is 108 Å². The van der Waals surface area contributed by atoms with Gasteiger partial charge in [0.2, 0.25) is 0 Å². The van der Waals surface area contributed by atoms with Gasteiger partial charge in [-0.05, 0) is 103 Å². The summed E-state index contributed by atoms with van der Waals surface area (Å²) in [7, 11) is 5.94. The molecule has 0 aliphatic heterocycles. The van der Waals surface area contributed by atoms with E-state index >= 15 is 0 Å². The van der Waals surface area contributed by atoms with Gasteiger partial charge in [0.15, 0.2) is 6.10 Å². The number of carbonyl (C=O) groups is 3. The van der Waals surface area contributed by atoms with Crippen molar-refractivity contribution in [3.05, 3.63) is 109 Å². The lowest BCUT2D eigenvalue weighted by Crippen LogP contribution is -2.40. The largest absolute Gasteiger partial charge is 0.477 e. The van der Waals surface area contributed by atoms with E-state index in [1.54, 1.807) is 0 Å². The summed E-state index contributed by atoms with van der Waals surface area (Å²) < 4.78 is 22.8. The Bertz CT molecular complexity index is 1490. The second kappa shape index (κ2) is 50.3. The molecule has 0 aromatic heterocycles. The van der Waals surface area contributed by atoms with Gasteiger partial charge < -0.3 is 28.5 Å². The van der Waals surface area contributed by atoms with E-state index in [4.69, 9.17) is 18.9 Å². The highest BCUT2D eigenvalue weighted by molar-refractivity contribution is 5.71. The van der Waals surface area contributed by atoms with Gasteiger partial charge in [0, 0.05) is 12.8 Å². The highest BCUT2D eigenvalue weighted by atomic mass is 16.7. The number of esters is 2. The van der Waals surface area contributed by atoms with Gasteiger partial charge in [-0.3, -0.25) is 9.59 Å². The van der Waals surface area contributed by atoms with Crippen molar-refractivity contribution in [2.45, 2.75) is 206 Å². The Morgan fingerprint density at radius 1 is 0.449 bits per heavy atom. The third-order valence-electron chi connectivity index (χ3n) is 11.0. The van der Waals surface area contributed by atoms with Crippen LogP contribution in [0.4, 0.5) is 0 Å². The first-order valence-electron chi connectivity index (χ1n) is 27.1. The number of unbranched alkanes of at least 4 members (excludes halogenated alkanes) is 15. The number of nitrogens with zero attached hydrogens (tertiary/aromatic N) is 1. The molecule has 392 valence electrons. The second-order valence-electron chi connectivity index (χ2n) is 18.8. The summed E-state index contributed by atoms with van der Waals surface area (Å²) in [6.45, 7) is 4.67. The van der Waals surface area contributed by atoms with Crippen LogP contribution in [0.1, 0.15) is 194 Å². The molecule has 0 rings (SSSR count). The molecule has 0 heterocycles. The summed E-state index contributed by atoms with van der Waals surface area (Å²) in [5, 5.41) is 9.68. The fourth-order valence-electron chi connectivity index (χ4n) is 6.84. The number of quaternary nitrogens is 1. The minimum Gasteiger partial charge on any atom is -0.477 e. The summed E-state index contributed by atoms with van der Waals surface area (Å²) >= 11 is 0. The molecule has 2 unspecified atom stereocenters. The first-order valence-corrected chi connectivity index (χ1v) is 27.1. The van der Waals surface area contributed by atoms with Gasteiger partial charge in [-0.1, -0.05) is 187 Å². The van der Waals surface area contributed by atoms with Crippen molar-refractivity contribution in [1.82, 2.24) is 0 Å². The Labute approximate surface area is 422 Å². The smallest absolute Gasteiger partial charge is 0.361 e. The summed E-state index contributed by atoms with van der Waals surface area (Å²) in [6.07, 6.45) is 65.9. The Morgan fingerprint density at radius 2 is 0.826 bits per heavy atom. The number of carboxylic acids is 1. The number of likely N-dealkylation sites (N-methyl/N-ethyl adjacent to an activating group) is 1. The van der Waals surface area contributed by atoms with E-state index < -0.39 is 24.3 Å². The van der Waals surface area contributed by atoms with Crippen molar-refractivity contribution in [2.24, 2.45) is 0 Å². The predicted octanol–water partition coefficient (Wildman–Crippen LogP) is 15.6. The fourth-order valence-corrected chi connectivity index (χ4v) is 6.84. The van der Waals surface area contributed by atoms with E-state index in [1.165, 1.54) is 64.2 Å². The Balaban J connectivity index is 4.43. The van der Waals surface area contributed by atoms with E-state index in [1.807, 2.05) is 21.1 Å². The van der Waals surface area contributed by atoms with Crippen LogP contribution in [0.25, 0.3) is 0 Å². The van der Waals surface area contributed by atoms with Gasteiger partial charge in [0.1, 0.15) is 13.2 Å². The van der Waals surface area contributed by atoms with Crippen LogP contribution in [0.3, 0.4) is 0 Å². The molecule has 69 heavy (non-hydrogen) atoms. The minimum atomic E-state index is -1.53. The SMILES string of the molecule is CC/C=C\C/C=C\C/C=C\C/C=C\C/C=C\C/C=C\CCCCC(=O)OC(COC(=O)CCCCCCCCCC/C=C\C/C=C\C/C=C\CCCCCCC)COC(OCC[N+](C)(C)C)C(=O)O. The molecule has 2 atom stereocenters. The lowest BCUT2D eigenvalue weighted by Gasteiger charge is -2.25. The second-order valence-corrected chi connectivity index (χ2v) is 18.8. The lowest BCUT2D eigenvalue weighted by molar-refractivity contribution is -0.870. The zero-order valence-electron chi connectivity index (χ0n) is 44.4. The van der Waals surface area contributed by atoms with Gasteiger partial charge >= 0.3 is 17.9 Å². The van der Waals surface area contributed by atoms with Crippen LogP contribution in [0.2, 0.25) is 0 Å². The quantitative estimate of drug-likeness (QED) is 0.0211. The Morgan fingerprint density at radius 3 is 1.26 bits per heavy atom. The molecule has 9 heteroatoms. The third kappa shape index (κ3) is 51.6. The Hall–Kier alpha value is -4.05. The molecule has 1 N–H and O–H groups in total. The number of hydrogen-bond donors (Lipinski definition) is 1. The standard InChI is InChI=1S/C60H99NO8/c1-6-8-10-12-14-16-18-20-22-24-26-28-29-31-32-34-36-38-40-42-44-46-48-50-57(62)67-54-56(55-68-60(59(64)65)66-53-52-61(3,4)5)69-58(63)51-49-47-45-43-41-39-37-35-33-30-27-25-23-21-19-17-15-13-11-9-7-2/h9,11,15,17-18,20-21,23-24,26-27,29-31,35,37,41,43,56,60H,6-8,10,12-14,16,19,22,25,28,32-34,36,38-40,42,44-55H2,1-5H3/p+1/b11-9-,17-15-,20-18-,23-21-,26-24-,30-27-,31-29-,37-35-,43-41-. The average molecular weight is 963 g/mol. The fraction of sp³-hybridized carbons (Fsp3) is 0.650. The third-order valence-corrected chi connectivity index (χ3v) is 11.0. The summed E-state index contributed by atoms with van der Waals surface area (Å²) in [6, 6.07) is 0. The first-order chi connectivity index (χ1) is 33.6. The number of rotatable bonds is 48. The molecule has 0 spiro atoms. The van der Waals surface area contributed by atoms with Crippen molar-refractivity contribution >= 4 is 17.9 Å². The molecule has 0 bridgehead atoms. The lowest BCUT2D eigenvalue weighted by atomic mass is 10.1. The summed E-state index contributed by atoms with van der Waals surface area (Å²) in [5.41, 5.74) is 0. The maximum absolute atomic E-state index is 12.8. The van der Waals surface area contributed by atoms with Crippen molar-refractivity contribution in [1.29, 1.82) is 0 Å². The summed E-state index contributed by atoms with van der Waals surface area (Å²) in [4.78, 5) is 37.3. The monoisotopic (exact) mass is 963 g/mol. The van der Waals surface area contributed by atoms with E-state index in [0.29, 0.717) is 17.4 Å². The van der Waals surface area contributed by atoms with Gasteiger partial charge in [0.05, 0.1) is 34.4 Å². The Kier molecular flexibility index (Phi) is 47.4. The van der Waals surface area contributed by atoms with Crippen molar-refractivity contribution in [2.75, 3.05) is 47.5 Å². The highest BCUT2D eigenvalue weighted by Crippen LogP contribution is 2.13. The normalized spacial score (nSPS) is 13.7. The van der Waals surface area contributed by atoms with Crippen molar-refractivity contribution in [3.8, 4) is 0 Å². The highest BCUT2D eigenvalue weighted by Gasteiger charge is 2.25. The molecule has 0 aromatic rings. The molecular weight excluding hydrogens is 863 g/mol. The molecule has 0 saturated heterocycles. The molecule has 9 nitrogen and oxygen atoms in total. The molecule has 0 aliphatic rings. The molecular formula is C60H100NO8+. The number of aliphatic carboxylic acids is 1. The number of allylic oxidation sites excluding steroid dienone is 18. The van der Waals surface area contributed by atoms with Crippen LogP contribution in [-0.4, -0.2) is 87.4 Å². The van der Waals surface area contributed by atoms with E-state index in [9.17, 15) is 19.5 Å². The van der Waals surface area contributed by atoms with Gasteiger partial charge in [-0.15, -0.1) is 0 Å². The number of carboxylic acid groups (broad SMARTS) is 1. The van der Waals surface area contributed by atoms with Crippen molar-refractivity contribution in [3.63, 3.8) is 0 Å². The van der Waals surface area contributed by atoms with Crippen LogP contribution in [0.15, 0.2) is 109 Å². The molecule has 0 saturated carbocycles. The van der Waals surface area contributed by atoms with E-state index in [-0.39, 0.29) is 38.6 Å². The van der Waals surface area contributed by atoms with Crippen LogP contribution in [0.5, 0.6) is 0 Å². The van der Waals surface area contributed by atoms with Gasteiger partial charge in [-0.25, -0.2) is 4.79 Å². The molecule has 0 amide bonds. The van der Waals surface area contributed by atoms with Crippen LogP contribution >= 0.6 is 0 Å². The maximum atomic E-state index is 12.8. The van der Waals surface area contributed by atoms with Crippen molar-refractivity contribution < 1.29 is 42.9 Å².